The van der Waals surface area contributed by atoms with Crippen LogP contribution in [0.3, 0.4) is 0 Å². The number of nitrogens with one attached hydrogen (secondary N) is 2. The zero-order chi connectivity index (χ0) is 14.8. The molecule has 0 aliphatic rings. The van der Waals surface area contributed by atoms with Gasteiger partial charge >= 0.3 is 6.18 Å². The van der Waals surface area contributed by atoms with E-state index in [2.05, 4.69) is 38.2 Å². The number of halogens is 4. The third-order valence-electron chi connectivity index (χ3n) is 2.53. The van der Waals surface area contributed by atoms with Gasteiger partial charge in [0.2, 0.25) is 0 Å². The maximum atomic E-state index is 12.8. The smallest absolute Gasteiger partial charge is 0.373 e. The number of benzene rings is 1. The molecule has 106 valence electrons. The average molecular weight is 393 g/mol. The number of nitrogens with zero attached hydrogens (tertiary/aromatic N) is 1. The summed E-state index contributed by atoms with van der Waals surface area (Å²) in [6.45, 7) is 0. The quantitative estimate of drug-likeness (QED) is 0.755. The lowest BCUT2D eigenvalue weighted by Crippen LogP contribution is -2.08. The summed E-state index contributed by atoms with van der Waals surface area (Å²) in [6, 6.07) is 9.23. The first-order chi connectivity index (χ1) is 9.38. The first kappa shape index (κ1) is 14.9. The molecule has 1 aromatic heterocycles. The highest BCUT2D eigenvalue weighted by Crippen LogP contribution is 2.32. The molecule has 7 heteroatoms. The van der Waals surface area contributed by atoms with Gasteiger partial charge in [0.1, 0.15) is 11.6 Å². The lowest BCUT2D eigenvalue weighted by Gasteiger charge is -2.12. The van der Waals surface area contributed by atoms with Gasteiger partial charge in [-0.25, -0.2) is 4.98 Å². The Balaban J connectivity index is 2.33. The Morgan fingerprint density at radius 2 is 1.65 bits per heavy atom. The van der Waals surface area contributed by atoms with Crippen LogP contribution < -0.4 is 10.6 Å². The fraction of sp³-hybridized carbons (Fsp3) is 0.154. The van der Waals surface area contributed by atoms with Crippen molar-refractivity contribution in [3.8, 4) is 0 Å². The Kier molecular flexibility index (Phi) is 4.36. The van der Waals surface area contributed by atoms with E-state index in [1.807, 2.05) is 12.1 Å². The van der Waals surface area contributed by atoms with E-state index in [1.54, 1.807) is 12.1 Å². The molecule has 0 bridgehead atoms. The third kappa shape index (κ3) is 3.75. The number of aromatic nitrogens is 1. The normalized spacial score (nSPS) is 11.2. The molecule has 3 nitrogen and oxygen atoms in total. The summed E-state index contributed by atoms with van der Waals surface area (Å²) < 4.78 is 39.4. The van der Waals surface area contributed by atoms with Crippen LogP contribution in [0.4, 0.5) is 30.5 Å². The largest absolute Gasteiger partial charge is 0.416 e. The lowest BCUT2D eigenvalue weighted by atomic mass is 10.2. The van der Waals surface area contributed by atoms with E-state index in [0.717, 1.165) is 15.7 Å². The molecule has 0 fully saturated rings. The number of hydrogen-bond donors (Lipinski definition) is 2. The van der Waals surface area contributed by atoms with Crippen molar-refractivity contribution in [2.75, 3.05) is 17.7 Å². The molecule has 0 spiro atoms. The van der Waals surface area contributed by atoms with Gasteiger partial charge in [0, 0.05) is 16.3 Å². The minimum atomic E-state index is -4.41. The molecular formula is C13H11F3IN3. The van der Waals surface area contributed by atoms with Crippen molar-refractivity contribution in [2.24, 2.45) is 0 Å². The summed E-state index contributed by atoms with van der Waals surface area (Å²) in [5.41, 5.74) is -0.0656. The van der Waals surface area contributed by atoms with E-state index in [1.165, 1.54) is 7.05 Å². The van der Waals surface area contributed by atoms with E-state index in [-0.39, 0.29) is 11.6 Å². The second-order valence-electron chi connectivity index (χ2n) is 4.01. The van der Waals surface area contributed by atoms with Crippen LogP contribution in [-0.2, 0) is 6.18 Å². The Morgan fingerprint density at radius 1 is 1.05 bits per heavy atom. The summed E-state index contributed by atoms with van der Waals surface area (Å²) >= 11 is 2.15. The molecule has 0 aliphatic heterocycles. The molecule has 1 aromatic carbocycles. The van der Waals surface area contributed by atoms with Gasteiger partial charge in [0.25, 0.3) is 0 Å². The third-order valence-corrected chi connectivity index (χ3v) is 3.24. The van der Waals surface area contributed by atoms with Gasteiger partial charge in [-0.3, -0.25) is 0 Å². The Morgan fingerprint density at radius 3 is 2.20 bits per heavy atom. The molecule has 1 heterocycles. The highest BCUT2D eigenvalue weighted by Gasteiger charge is 2.31. The Labute approximate surface area is 127 Å². The zero-order valence-corrected chi connectivity index (χ0v) is 12.6. The monoisotopic (exact) mass is 393 g/mol. The van der Waals surface area contributed by atoms with Crippen molar-refractivity contribution in [2.45, 2.75) is 6.18 Å². The van der Waals surface area contributed by atoms with Gasteiger partial charge in [-0.1, -0.05) is 0 Å². The van der Waals surface area contributed by atoms with Crippen LogP contribution in [0, 0.1) is 3.57 Å². The molecule has 0 amide bonds. The van der Waals surface area contributed by atoms with Crippen LogP contribution in [0.1, 0.15) is 5.56 Å². The van der Waals surface area contributed by atoms with Gasteiger partial charge in [-0.2, -0.15) is 13.2 Å². The van der Waals surface area contributed by atoms with Crippen molar-refractivity contribution >= 4 is 39.9 Å². The first-order valence-corrected chi connectivity index (χ1v) is 6.76. The van der Waals surface area contributed by atoms with Crippen molar-refractivity contribution in [3.63, 3.8) is 0 Å². The minimum absolute atomic E-state index is 0.144. The molecule has 0 radical (unpaired) electrons. The van der Waals surface area contributed by atoms with Gasteiger partial charge < -0.3 is 10.6 Å². The summed E-state index contributed by atoms with van der Waals surface area (Å²) in [6.07, 6.45) is -4.41. The number of pyridine rings is 1. The standard InChI is InChI=1S/C13H11F3IN3/c1-18-11-6-8(13(14,15)16)7-12(20-11)19-10-4-2-9(17)3-5-10/h2-7H,1H3,(H2,18,19,20). The number of anilines is 3. The second kappa shape index (κ2) is 5.86. The molecule has 0 saturated carbocycles. The predicted molar refractivity (Wildman–Crippen MR) is 81.2 cm³/mol. The van der Waals surface area contributed by atoms with Crippen LogP contribution in [0.2, 0.25) is 0 Å². The van der Waals surface area contributed by atoms with Gasteiger partial charge in [-0.15, -0.1) is 0 Å². The molecule has 2 aromatic rings. The van der Waals surface area contributed by atoms with Crippen LogP contribution in [0.15, 0.2) is 36.4 Å². The number of rotatable bonds is 3. The average Bonchev–Trinajstić information content (AvgIpc) is 2.40. The SMILES string of the molecule is CNc1cc(C(F)(F)F)cc(Nc2ccc(I)cc2)n1. The highest BCUT2D eigenvalue weighted by atomic mass is 127. The van der Waals surface area contributed by atoms with Gasteiger partial charge in [0.05, 0.1) is 5.56 Å². The Bertz CT molecular complexity index is 597. The van der Waals surface area contributed by atoms with Crippen molar-refractivity contribution in [1.29, 1.82) is 0 Å². The maximum Gasteiger partial charge on any atom is 0.416 e. The lowest BCUT2D eigenvalue weighted by molar-refractivity contribution is -0.137. The van der Waals surface area contributed by atoms with Gasteiger partial charge in [-0.05, 0) is 59.0 Å². The van der Waals surface area contributed by atoms with Gasteiger partial charge in [0.15, 0.2) is 0 Å². The fourth-order valence-corrected chi connectivity index (χ4v) is 1.93. The fourth-order valence-electron chi connectivity index (χ4n) is 1.57. The van der Waals surface area contributed by atoms with Crippen molar-refractivity contribution in [3.05, 3.63) is 45.5 Å². The maximum absolute atomic E-state index is 12.8. The molecule has 0 unspecified atom stereocenters. The van der Waals surface area contributed by atoms with Crippen LogP contribution in [0.25, 0.3) is 0 Å². The molecule has 2 N–H and O–H groups in total. The van der Waals surface area contributed by atoms with Crippen LogP contribution >= 0.6 is 22.6 Å². The number of hydrogen-bond acceptors (Lipinski definition) is 3. The predicted octanol–water partition coefficient (Wildman–Crippen LogP) is 4.49. The van der Waals surface area contributed by atoms with Crippen LogP contribution in [0.5, 0.6) is 0 Å². The van der Waals surface area contributed by atoms with Crippen molar-refractivity contribution < 1.29 is 13.2 Å². The summed E-state index contributed by atoms with van der Waals surface area (Å²) in [4.78, 5) is 4.06. The number of alkyl halides is 3. The first-order valence-electron chi connectivity index (χ1n) is 5.68. The molecule has 20 heavy (non-hydrogen) atoms. The van der Waals surface area contributed by atoms with Crippen LogP contribution in [-0.4, -0.2) is 12.0 Å². The summed E-state index contributed by atoms with van der Waals surface area (Å²) in [5.74, 6) is 0.304. The van der Waals surface area contributed by atoms with E-state index < -0.39 is 11.7 Å². The topological polar surface area (TPSA) is 37.0 Å². The highest BCUT2D eigenvalue weighted by molar-refractivity contribution is 14.1. The second-order valence-corrected chi connectivity index (χ2v) is 5.25. The molecule has 0 saturated heterocycles. The molecule has 0 aliphatic carbocycles. The summed E-state index contributed by atoms with van der Waals surface area (Å²) in [7, 11) is 1.52. The molecule has 0 atom stereocenters. The molecule has 2 rings (SSSR count). The minimum Gasteiger partial charge on any atom is -0.373 e. The van der Waals surface area contributed by atoms with E-state index in [0.29, 0.717) is 5.69 Å². The Hall–Kier alpha value is -1.51. The summed E-state index contributed by atoms with van der Waals surface area (Å²) in [5, 5.41) is 5.49. The van der Waals surface area contributed by atoms with E-state index in [9.17, 15) is 13.2 Å². The van der Waals surface area contributed by atoms with Crippen molar-refractivity contribution in [1.82, 2.24) is 4.98 Å². The zero-order valence-electron chi connectivity index (χ0n) is 10.4. The van der Waals surface area contributed by atoms with E-state index >= 15 is 0 Å². The molecular weight excluding hydrogens is 382 g/mol. The van der Waals surface area contributed by atoms with E-state index in [4.69, 9.17) is 0 Å².